The average molecular weight is 483 g/mol. The highest BCUT2D eigenvalue weighted by Crippen LogP contribution is 2.31. The Morgan fingerprint density at radius 2 is 0.657 bits per heavy atom. The van der Waals surface area contributed by atoms with Crippen LogP contribution in [0.1, 0.15) is 27.7 Å². The molecule has 0 aliphatic rings. The van der Waals surface area contributed by atoms with Crippen LogP contribution in [0.5, 0.6) is 0 Å². The highest BCUT2D eigenvalue weighted by Gasteiger charge is 2.02. The first kappa shape index (κ1) is 24.6. The fraction of sp³-hybridized carbons (Fsp3) is 0.200. The summed E-state index contributed by atoms with van der Waals surface area (Å²) < 4.78 is 0. The Kier molecular flexibility index (Phi) is 8.22. The molecule has 4 aromatic carbocycles. The Hall–Kier alpha value is -3.57. The Balaban J connectivity index is 1.30. The molecule has 4 N–H and O–H groups in total. The van der Waals surface area contributed by atoms with Crippen molar-refractivity contribution in [2.45, 2.75) is 49.6 Å². The number of rotatable bonds is 10. The van der Waals surface area contributed by atoms with E-state index in [2.05, 4.69) is 146 Å². The summed E-state index contributed by atoms with van der Waals surface area (Å²) in [4.78, 5) is 2.42. The standard InChI is InChI=1S/C30H34N4S/c1-21(2)31-23-5-9-25(10-6-23)33-27-13-17-29(18-14-27)35-30-19-15-28(16-20-30)34-26-11-7-24(8-12-26)32-22(3)4/h5-22,31-34H,1-4H3. The maximum atomic E-state index is 3.47. The topological polar surface area (TPSA) is 48.1 Å². The van der Waals surface area contributed by atoms with E-state index in [-0.39, 0.29) is 0 Å². The van der Waals surface area contributed by atoms with Crippen molar-refractivity contribution in [1.29, 1.82) is 0 Å². The van der Waals surface area contributed by atoms with E-state index in [0.29, 0.717) is 12.1 Å². The van der Waals surface area contributed by atoms with Crippen molar-refractivity contribution >= 4 is 45.9 Å². The first-order chi connectivity index (χ1) is 16.9. The molecule has 0 saturated carbocycles. The molecule has 4 aromatic rings. The van der Waals surface area contributed by atoms with Crippen molar-refractivity contribution in [2.24, 2.45) is 0 Å². The van der Waals surface area contributed by atoms with Gasteiger partial charge in [0.2, 0.25) is 0 Å². The quantitative estimate of drug-likeness (QED) is 0.182. The maximum Gasteiger partial charge on any atom is 0.0385 e. The number of hydrogen-bond acceptors (Lipinski definition) is 5. The summed E-state index contributed by atoms with van der Waals surface area (Å²) >= 11 is 1.76. The maximum absolute atomic E-state index is 3.47. The van der Waals surface area contributed by atoms with Gasteiger partial charge in [0.15, 0.2) is 0 Å². The minimum Gasteiger partial charge on any atom is -0.383 e. The molecule has 180 valence electrons. The van der Waals surface area contributed by atoms with Crippen molar-refractivity contribution in [3.05, 3.63) is 97.1 Å². The van der Waals surface area contributed by atoms with Gasteiger partial charge in [-0.15, -0.1) is 0 Å². The Labute approximate surface area is 213 Å². The van der Waals surface area contributed by atoms with Gasteiger partial charge in [0, 0.05) is 56.0 Å². The van der Waals surface area contributed by atoms with Crippen LogP contribution in [0, 0.1) is 0 Å². The number of nitrogens with one attached hydrogen (secondary N) is 4. The normalized spacial score (nSPS) is 10.9. The predicted molar refractivity (Wildman–Crippen MR) is 154 cm³/mol. The second-order valence-corrected chi connectivity index (χ2v) is 10.3. The van der Waals surface area contributed by atoms with E-state index in [1.807, 2.05) is 0 Å². The third-order valence-electron chi connectivity index (χ3n) is 5.20. The van der Waals surface area contributed by atoms with E-state index >= 15 is 0 Å². The van der Waals surface area contributed by atoms with Crippen molar-refractivity contribution in [3.8, 4) is 0 Å². The molecule has 0 amide bonds. The van der Waals surface area contributed by atoms with Gasteiger partial charge in [-0.3, -0.25) is 0 Å². The summed E-state index contributed by atoms with van der Waals surface area (Å²) in [6.45, 7) is 8.57. The lowest BCUT2D eigenvalue weighted by molar-refractivity contribution is 0.899. The largest absolute Gasteiger partial charge is 0.383 e. The Morgan fingerprint density at radius 1 is 0.400 bits per heavy atom. The highest BCUT2D eigenvalue weighted by atomic mass is 32.2. The lowest BCUT2D eigenvalue weighted by Crippen LogP contribution is -2.09. The second kappa shape index (κ2) is 11.7. The van der Waals surface area contributed by atoms with Crippen molar-refractivity contribution in [3.63, 3.8) is 0 Å². The first-order valence-electron chi connectivity index (χ1n) is 12.1. The molecule has 4 rings (SSSR count). The van der Waals surface area contributed by atoms with Crippen LogP contribution in [0.15, 0.2) is 107 Å². The summed E-state index contributed by atoms with van der Waals surface area (Å²) in [6, 6.07) is 34.7. The van der Waals surface area contributed by atoms with Crippen LogP contribution in [0.4, 0.5) is 34.1 Å². The van der Waals surface area contributed by atoms with Crippen LogP contribution < -0.4 is 21.3 Å². The molecule has 5 heteroatoms. The molecule has 0 fully saturated rings. The van der Waals surface area contributed by atoms with Crippen LogP contribution in [-0.2, 0) is 0 Å². The highest BCUT2D eigenvalue weighted by molar-refractivity contribution is 7.99. The molecule has 35 heavy (non-hydrogen) atoms. The van der Waals surface area contributed by atoms with Crippen LogP contribution in [0.2, 0.25) is 0 Å². The lowest BCUT2D eigenvalue weighted by atomic mass is 10.2. The average Bonchev–Trinajstić information content (AvgIpc) is 2.83. The van der Waals surface area contributed by atoms with Crippen molar-refractivity contribution < 1.29 is 0 Å². The molecule has 0 aromatic heterocycles. The number of benzene rings is 4. The molecule has 0 spiro atoms. The van der Waals surface area contributed by atoms with E-state index in [0.717, 1.165) is 34.1 Å². The van der Waals surface area contributed by atoms with Crippen molar-refractivity contribution in [1.82, 2.24) is 0 Å². The van der Waals surface area contributed by atoms with Gasteiger partial charge in [-0.1, -0.05) is 11.8 Å². The van der Waals surface area contributed by atoms with Gasteiger partial charge < -0.3 is 21.3 Å². The Bertz CT molecular complexity index is 1090. The van der Waals surface area contributed by atoms with Gasteiger partial charge in [-0.05, 0) is 125 Å². The summed E-state index contributed by atoms with van der Waals surface area (Å²) in [7, 11) is 0. The molecule has 0 saturated heterocycles. The first-order valence-corrected chi connectivity index (χ1v) is 12.9. The molecular formula is C30H34N4S. The molecule has 0 atom stereocenters. The summed E-state index contributed by atoms with van der Waals surface area (Å²) in [5.41, 5.74) is 6.58. The molecule has 0 radical (unpaired) electrons. The smallest absolute Gasteiger partial charge is 0.0385 e. The number of hydrogen-bond donors (Lipinski definition) is 4. The van der Waals surface area contributed by atoms with E-state index in [1.165, 1.54) is 9.79 Å². The van der Waals surface area contributed by atoms with Gasteiger partial charge in [-0.25, -0.2) is 0 Å². The van der Waals surface area contributed by atoms with Gasteiger partial charge >= 0.3 is 0 Å². The van der Waals surface area contributed by atoms with Gasteiger partial charge in [0.25, 0.3) is 0 Å². The fourth-order valence-electron chi connectivity index (χ4n) is 3.65. The van der Waals surface area contributed by atoms with Crippen LogP contribution in [-0.4, -0.2) is 12.1 Å². The van der Waals surface area contributed by atoms with Crippen LogP contribution >= 0.6 is 11.8 Å². The van der Waals surface area contributed by atoms with E-state index < -0.39 is 0 Å². The molecule has 0 heterocycles. The SMILES string of the molecule is CC(C)Nc1ccc(Nc2ccc(Sc3ccc(Nc4ccc(NC(C)C)cc4)cc3)cc2)cc1. The van der Waals surface area contributed by atoms with Crippen LogP contribution in [0.25, 0.3) is 0 Å². The summed E-state index contributed by atoms with van der Waals surface area (Å²) in [5, 5.41) is 13.8. The molecule has 0 aliphatic heterocycles. The second-order valence-electron chi connectivity index (χ2n) is 9.15. The zero-order valence-electron chi connectivity index (χ0n) is 20.8. The predicted octanol–water partition coefficient (Wildman–Crippen LogP) is 8.97. The third kappa shape index (κ3) is 7.72. The molecule has 4 nitrogen and oxygen atoms in total. The van der Waals surface area contributed by atoms with Gasteiger partial charge in [0.05, 0.1) is 0 Å². The van der Waals surface area contributed by atoms with E-state index in [1.54, 1.807) is 11.8 Å². The minimum absolute atomic E-state index is 0.427. The molecule has 0 unspecified atom stereocenters. The zero-order chi connectivity index (χ0) is 24.6. The fourth-order valence-corrected chi connectivity index (χ4v) is 4.46. The van der Waals surface area contributed by atoms with E-state index in [9.17, 15) is 0 Å². The van der Waals surface area contributed by atoms with Crippen molar-refractivity contribution in [2.75, 3.05) is 21.3 Å². The monoisotopic (exact) mass is 482 g/mol. The number of anilines is 6. The van der Waals surface area contributed by atoms with Gasteiger partial charge in [-0.2, -0.15) is 0 Å². The summed E-state index contributed by atoms with van der Waals surface area (Å²) in [6.07, 6.45) is 0. The zero-order valence-corrected chi connectivity index (χ0v) is 21.6. The minimum atomic E-state index is 0.427. The molecular weight excluding hydrogens is 448 g/mol. The van der Waals surface area contributed by atoms with Gasteiger partial charge in [0.1, 0.15) is 0 Å². The summed E-state index contributed by atoms with van der Waals surface area (Å²) in [5.74, 6) is 0. The molecule has 0 aliphatic carbocycles. The lowest BCUT2D eigenvalue weighted by Gasteiger charge is -2.12. The Morgan fingerprint density at radius 3 is 0.943 bits per heavy atom. The molecule has 0 bridgehead atoms. The van der Waals surface area contributed by atoms with E-state index in [4.69, 9.17) is 0 Å². The van der Waals surface area contributed by atoms with Crippen LogP contribution in [0.3, 0.4) is 0 Å². The third-order valence-corrected chi connectivity index (χ3v) is 6.22.